The normalized spacial score (nSPS) is 11.8. The summed E-state index contributed by atoms with van der Waals surface area (Å²) >= 11 is 0. The maximum absolute atomic E-state index is 11.4. The summed E-state index contributed by atoms with van der Waals surface area (Å²) in [5, 5.41) is 13.7. The van der Waals surface area contributed by atoms with Crippen molar-refractivity contribution in [3.05, 3.63) is 39.6 Å². The van der Waals surface area contributed by atoms with Crippen LogP contribution in [0.15, 0.2) is 21.8 Å². The second kappa shape index (κ2) is 6.42. The molecule has 2 heterocycles. The van der Waals surface area contributed by atoms with E-state index in [4.69, 9.17) is 9.79 Å². The number of nitrogens with zero attached hydrogens (tertiary/aromatic N) is 1. The van der Waals surface area contributed by atoms with Gasteiger partial charge in [0, 0.05) is 11.8 Å². The first-order valence-electron chi connectivity index (χ1n) is 6.13. The average molecular weight is 332 g/mol. The summed E-state index contributed by atoms with van der Waals surface area (Å²) in [6.45, 7) is 1.30. The Bertz CT molecular complexity index is 763. The standard InChI is InChI=1S/C11H14N3O7P/c1-6-10(15)8(3-13-9-5-20-14-11(9)16)7(2-12-6)4-21-22(17,18)19/h2,5,13,15H,3-4H2,1H3,(H,14,16)(H2,17,18,19)/p+1. The second-order valence-electron chi connectivity index (χ2n) is 4.49. The first-order valence-corrected chi connectivity index (χ1v) is 7.66. The molecule has 0 saturated heterocycles. The van der Waals surface area contributed by atoms with Crippen LogP contribution >= 0.6 is 7.82 Å². The predicted molar refractivity (Wildman–Crippen MR) is 72.1 cm³/mol. The Morgan fingerprint density at radius 2 is 2.23 bits per heavy atom. The van der Waals surface area contributed by atoms with Crippen LogP contribution in [0.4, 0.5) is 5.69 Å². The van der Waals surface area contributed by atoms with Crippen molar-refractivity contribution >= 4 is 13.5 Å². The summed E-state index contributed by atoms with van der Waals surface area (Å²) in [6, 6.07) is 0. The molecule has 6 N–H and O–H groups in total. The number of aromatic hydroxyl groups is 1. The summed E-state index contributed by atoms with van der Waals surface area (Å²) in [7, 11) is -4.64. The number of phosphoric ester groups is 1. The number of hydrogen-bond acceptors (Lipinski definition) is 6. The van der Waals surface area contributed by atoms with Crippen LogP contribution in [0.25, 0.3) is 0 Å². The van der Waals surface area contributed by atoms with Gasteiger partial charge in [0.2, 0.25) is 5.69 Å². The van der Waals surface area contributed by atoms with E-state index in [1.165, 1.54) is 17.8 Å². The molecular formula is C11H15N3O7P+. The van der Waals surface area contributed by atoms with E-state index < -0.39 is 20.0 Å². The van der Waals surface area contributed by atoms with Crippen molar-refractivity contribution in [2.24, 2.45) is 0 Å². The highest BCUT2D eigenvalue weighted by molar-refractivity contribution is 7.46. The second-order valence-corrected chi connectivity index (χ2v) is 5.73. The van der Waals surface area contributed by atoms with E-state index in [1.807, 2.05) is 0 Å². The zero-order chi connectivity index (χ0) is 16.3. The summed E-state index contributed by atoms with van der Waals surface area (Å²) in [5.74, 6) is -0.122. The van der Waals surface area contributed by atoms with Crippen LogP contribution in [0.2, 0.25) is 0 Å². The fourth-order valence-corrected chi connectivity index (χ4v) is 2.11. The van der Waals surface area contributed by atoms with E-state index in [1.54, 1.807) is 6.92 Å². The third-order valence-corrected chi connectivity index (χ3v) is 3.41. The van der Waals surface area contributed by atoms with E-state index in [0.29, 0.717) is 16.8 Å². The molecule has 11 heteroatoms. The van der Waals surface area contributed by atoms with Crippen molar-refractivity contribution in [3.8, 4) is 5.75 Å². The van der Waals surface area contributed by atoms with Crippen molar-refractivity contribution in [3.63, 3.8) is 0 Å². The predicted octanol–water partition coefficient (Wildman–Crippen LogP) is -0.619. The molecule has 0 spiro atoms. The van der Waals surface area contributed by atoms with Gasteiger partial charge >= 0.3 is 13.4 Å². The molecule has 2 rings (SSSR count). The summed E-state index contributed by atoms with van der Waals surface area (Å²) in [4.78, 5) is 32.8. The molecule has 0 aromatic carbocycles. The topological polar surface area (TPSA) is 162 Å². The number of nitrogens with one attached hydrogen (secondary N) is 1. The Balaban J connectivity index is 2.23. The summed E-state index contributed by atoms with van der Waals surface area (Å²) in [6.07, 6.45) is 2.58. The molecule has 22 heavy (non-hydrogen) atoms. The lowest BCUT2D eigenvalue weighted by Crippen LogP contribution is -2.77. The van der Waals surface area contributed by atoms with E-state index in [-0.39, 0.29) is 18.0 Å². The minimum atomic E-state index is -4.64. The fraction of sp³-hybridized carbons (Fsp3) is 0.273. The third-order valence-electron chi connectivity index (χ3n) is 2.94. The number of aromatic amines is 1. The Hall–Kier alpha value is -1.97. The SMILES string of the molecule is Cc1ncc(COP(=O)(O)O)c(C[NH2+]c2co[nH]c2=O)c1O. The first-order chi connectivity index (χ1) is 10.3. The quantitative estimate of drug-likeness (QED) is 0.437. The van der Waals surface area contributed by atoms with Crippen LogP contribution in [0.3, 0.4) is 0 Å². The highest BCUT2D eigenvalue weighted by atomic mass is 31.2. The molecule has 10 nitrogen and oxygen atoms in total. The number of hydrogen-bond donors (Lipinski definition) is 5. The zero-order valence-corrected chi connectivity index (χ0v) is 12.4. The number of aryl methyl sites for hydroxylation is 1. The minimum absolute atomic E-state index is 0.122. The van der Waals surface area contributed by atoms with Gasteiger partial charge in [0.1, 0.15) is 12.3 Å². The van der Waals surface area contributed by atoms with E-state index in [9.17, 15) is 14.5 Å². The van der Waals surface area contributed by atoms with Crippen LogP contribution < -0.4 is 10.9 Å². The molecule has 0 saturated carbocycles. The van der Waals surface area contributed by atoms with Gasteiger partial charge in [-0.05, 0) is 6.92 Å². The Labute approximate surface area is 124 Å². The van der Waals surface area contributed by atoms with E-state index in [2.05, 4.69) is 19.2 Å². The lowest BCUT2D eigenvalue weighted by Gasteiger charge is -2.12. The number of quaternary nitrogens is 1. The molecule has 0 unspecified atom stereocenters. The molecule has 0 amide bonds. The van der Waals surface area contributed by atoms with E-state index in [0.717, 1.165) is 0 Å². The van der Waals surface area contributed by atoms with Gasteiger partial charge in [-0.2, -0.15) is 5.16 Å². The minimum Gasteiger partial charge on any atom is -0.506 e. The zero-order valence-electron chi connectivity index (χ0n) is 11.5. The molecule has 0 aliphatic heterocycles. The van der Waals surface area contributed by atoms with Crippen LogP contribution in [-0.4, -0.2) is 25.0 Å². The van der Waals surface area contributed by atoms with Crippen molar-refractivity contribution in [2.45, 2.75) is 20.1 Å². The van der Waals surface area contributed by atoms with Crippen LogP contribution in [-0.2, 0) is 22.2 Å². The Kier molecular flexibility index (Phi) is 4.79. The molecular weight excluding hydrogens is 317 g/mol. The van der Waals surface area contributed by atoms with Crippen molar-refractivity contribution < 1.29 is 33.8 Å². The number of H-pyrrole nitrogens is 1. The highest BCUT2D eigenvalue weighted by Crippen LogP contribution is 2.37. The van der Waals surface area contributed by atoms with Gasteiger partial charge in [-0.1, -0.05) is 0 Å². The average Bonchev–Trinajstić information content (AvgIpc) is 2.83. The molecule has 0 aliphatic rings. The van der Waals surface area contributed by atoms with Crippen molar-refractivity contribution in [1.29, 1.82) is 0 Å². The number of aromatic nitrogens is 2. The largest absolute Gasteiger partial charge is 0.506 e. The number of rotatable bonds is 6. The van der Waals surface area contributed by atoms with Gasteiger partial charge in [0.15, 0.2) is 6.26 Å². The maximum Gasteiger partial charge on any atom is 0.469 e. The van der Waals surface area contributed by atoms with E-state index >= 15 is 0 Å². The highest BCUT2D eigenvalue weighted by Gasteiger charge is 2.19. The van der Waals surface area contributed by atoms with Crippen LogP contribution in [0.5, 0.6) is 5.75 Å². The van der Waals surface area contributed by atoms with Crippen LogP contribution in [0.1, 0.15) is 16.8 Å². The number of pyridine rings is 1. The van der Waals surface area contributed by atoms with Crippen LogP contribution in [0, 0.1) is 6.92 Å². The maximum atomic E-state index is 11.4. The van der Waals surface area contributed by atoms with Gasteiger partial charge in [-0.15, -0.1) is 0 Å². The number of nitrogens with two attached hydrogens (primary N) is 1. The monoisotopic (exact) mass is 332 g/mol. The molecule has 0 fully saturated rings. The smallest absolute Gasteiger partial charge is 0.469 e. The molecule has 120 valence electrons. The molecule has 2 aromatic heterocycles. The van der Waals surface area contributed by atoms with Gasteiger partial charge in [-0.3, -0.25) is 14.3 Å². The van der Waals surface area contributed by atoms with Gasteiger partial charge in [-0.25, -0.2) is 4.57 Å². The Morgan fingerprint density at radius 1 is 1.50 bits per heavy atom. The summed E-state index contributed by atoms with van der Waals surface area (Å²) < 4.78 is 19.8. The van der Waals surface area contributed by atoms with Crippen molar-refractivity contribution in [2.75, 3.05) is 0 Å². The van der Waals surface area contributed by atoms with Gasteiger partial charge in [0.05, 0.1) is 17.9 Å². The third kappa shape index (κ3) is 4.03. The molecule has 0 atom stereocenters. The first kappa shape index (κ1) is 16.4. The van der Waals surface area contributed by atoms with Crippen molar-refractivity contribution in [1.82, 2.24) is 10.1 Å². The van der Waals surface area contributed by atoms with Gasteiger partial charge < -0.3 is 24.7 Å². The fourth-order valence-electron chi connectivity index (χ4n) is 1.80. The lowest BCUT2D eigenvalue weighted by molar-refractivity contribution is -0.589. The molecule has 0 aliphatic carbocycles. The lowest BCUT2D eigenvalue weighted by atomic mass is 10.1. The summed E-state index contributed by atoms with van der Waals surface area (Å²) in [5.41, 5.74) is 0.877. The molecule has 0 radical (unpaired) electrons. The number of phosphoric acid groups is 1. The molecule has 2 aromatic rings. The Morgan fingerprint density at radius 3 is 2.82 bits per heavy atom. The van der Waals surface area contributed by atoms with Gasteiger partial charge in [0.25, 0.3) is 0 Å². The molecule has 0 bridgehead atoms.